The van der Waals surface area contributed by atoms with Gasteiger partial charge in [0.15, 0.2) is 0 Å². The summed E-state index contributed by atoms with van der Waals surface area (Å²) in [5, 5.41) is 8.81. The minimum absolute atomic E-state index is 0.421. The van der Waals surface area contributed by atoms with E-state index in [-0.39, 0.29) is 0 Å². The number of aromatic nitrogens is 1. The van der Waals surface area contributed by atoms with Gasteiger partial charge in [-0.1, -0.05) is 6.92 Å². The summed E-state index contributed by atoms with van der Waals surface area (Å²) < 4.78 is 0. The van der Waals surface area contributed by atoms with Crippen molar-refractivity contribution in [2.75, 3.05) is 20.1 Å². The van der Waals surface area contributed by atoms with Gasteiger partial charge in [0.2, 0.25) is 0 Å². The minimum atomic E-state index is -0.497. The Morgan fingerprint density at radius 1 is 1.43 bits per heavy atom. The topological polar surface area (TPSA) is 68.7 Å². The van der Waals surface area contributed by atoms with Crippen molar-refractivity contribution in [3.63, 3.8) is 0 Å². The lowest BCUT2D eigenvalue weighted by atomic mass is 9.91. The Morgan fingerprint density at radius 3 is 2.83 bits per heavy atom. The van der Waals surface area contributed by atoms with Crippen LogP contribution in [0.2, 0.25) is 0 Å². The van der Waals surface area contributed by atoms with Gasteiger partial charge in [0.1, 0.15) is 0 Å². The van der Waals surface area contributed by atoms with Crippen molar-refractivity contribution >= 4 is 5.91 Å². The number of fused-ring (bicyclic) bond motifs is 1. The molecule has 0 bridgehead atoms. The lowest BCUT2D eigenvalue weighted by Crippen LogP contribution is -2.50. The SMILES string of the molecule is CC[C@H]1Cc2ncc(C(=O)NO)cc2CN1C1CCN(C)CC1. The van der Waals surface area contributed by atoms with Crippen molar-refractivity contribution in [2.24, 2.45) is 0 Å². The molecular formula is C17H26N4O2. The van der Waals surface area contributed by atoms with Gasteiger partial charge in [0.05, 0.1) is 5.56 Å². The van der Waals surface area contributed by atoms with E-state index in [9.17, 15) is 4.79 Å². The second-order valence-corrected chi connectivity index (χ2v) is 6.74. The third kappa shape index (κ3) is 3.39. The number of hydroxylamine groups is 1. The Bertz CT molecular complexity index is 570. The van der Waals surface area contributed by atoms with Crippen LogP contribution < -0.4 is 5.48 Å². The molecule has 0 saturated carbocycles. The summed E-state index contributed by atoms with van der Waals surface area (Å²) in [6.07, 6.45) is 6.02. The summed E-state index contributed by atoms with van der Waals surface area (Å²) in [4.78, 5) is 21.1. The smallest absolute Gasteiger partial charge is 0.276 e. The van der Waals surface area contributed by atoms with Gasteiger partial charge in [0, 0.05) is 36.9 Å². The number of nitrogens with one attached hydrogen (secondary N) is 1. The lowest BCUT2D eigenvalue weighted by molar-refractivity contribution is 0.0626. The van der Waals surface area contributed by atoms with E-state index in [1.165, 1.54) is 12.8 Å². The number of likely N-dealkylation sites (tertiary alicyclic amines) is 1. The molecule has 2 N–H and O–H groups in total. The molecule has 1 saturated heterocycles. The monoisotopic (exact) mass is 318 g/mol. The van der Waals surface area contributed by atoms with E-state index < -0.39 is 5.91 Å². The first kappa shape index (κ1) is 16.4. The molecule has 0 unspecified atom stereocenters. The Kier molecular flexibility index (Phi) is 4.94. The third-order valence-corrected chi connectivity index (χ3v) is 5.30. The van der Waals surface area contributed by atoms with E-state index in [4.69, 9.17) is 5.21 Å². The fourth-order valence-corrected chi connectivity index (χ4v) is 3.85. The van der Waals surface area contributed by atoms with Crippen molar-refractivity contribution in [1.82, 2.24) is 20.3 Å². The zero-order valence-electron chi connectivity index (χ0n) is 14.0. The quantitative estimate of drug-likeness (QED) is 0.652. The van der Waals surface area contributed by atoms with E-state index in [1.807, 2.05) is 6.07 Å². The number of nitrogens with zero attached hydrogens (tertiary/aromatic N) is 3. The van der Waals surface area contributed by atoms with Crippen LogP contribution in [0.4, 0.5) is 0 Å². The molecular weight excluding hydrogens is 292 g/mol. The van der Waals surface area contributed by atoms with Gasteiger partial charge in [-0.05, 0) is 51.0 Å². The Labute approximate surface area is 137 Å². The normalized spacial score (nSPS) is 23.5. The predicted octanol–water partition coefficient (Wildman–Crippen LogP) is 1.43. The minimum Gasteiger partial charge on any atom is -0.306 e. The summed E-state index contributed by atoms with van der Waals surface area (Å²) in [5.41, 5.74) is 4.32. The number of rotatable bonds is 3. The molecule has 1 fully saturated rings. The molecule has 6 nitrogen and oxygen atoms in total. The van der Waals surface area contributed by atoms with Crippen molar-refractivity contribution < 1.29 is 10.0 Å². The van der Waals surface area contributed by atoms with Crippen LogP contribution in [0.5, 0.6) is 0 Å². The van der Waals surface area contributed by atoms with Gasteiger partial charge in [-0.3, -0.25) is 19.9 Å². The number of hydrogen-bond donors (Lipinski definition) is 2. The molecule has 2 aliphatic heterocycles. The van der Waals surface area contributed by atoms with Crippen molar-refractivity contribution in [3.05, 3.63) is 29.1 Å². The summed E-state index contributed by atoms with van der Waals surface area (Å²) in [6, 6.07) is 3.02. The van der Waals surface area contributed by atoms with Crippen LogP contribution in [-0.4, -0.2) is 58.1 Å². The fraction of sp³-hybridized carbons (Fsp3) is 0.647. The van der Waals surface area contributed by atoms with Crippen molar-refractivity contribution in [3.8, 4) is 0 Å². The van der Waals surface area contributed by atoms with Crippen molar-refractivity contribution in [1.29, 1.82) is 0 Å². The molecule has 126 valence electrons. The van der Waals surface area contributed by atoms with Crippen molar-refractivity contribution in [2.45, 2.75) is 51.2 Å². The van der Waals surface area contributed by atoms with Gasteiger partial charge < -0.3 is 4.90 Å². The largest absolute Gasteiger partial charge is 0.306 e. The fourth-order valence-electron chi connectivity index (χ4n) is 3.85. The van der Waals surface area contributed by atoms with Gasteiger partial charge >= 0.3 is 0 Å². The van der Waals surface area contributed by atoms with Crippen LogP contribution in [0.15, 0.2) is 12.3 Å². The first-order chi connectivity index (χ1) is 11.1. The maximum absolute atomic E-state index is 11.6. The maximum atomic E-state index is 11.6. The molecule has 6 heteroatoms. The second-order valence-electron chi connectivity index (χ2n) is 6.74. The van der Waals surface area contributed by atoms with Gasteiger partial charge in [-0.25, -0.2) is 5.48 Å². The van der Waals surface area contributed by atoms with Crippen LogP contribution in [0.1, 0.15) is 47.8 Å². The predicted molar refractivity (Wildman–Crippen MR) is 87.3 cm³/mol. The first-order valence-corrected chi connectivity index (χ1v) is 8.49. The number of carbonyl (C=O) groups excluding carboxylic acids is 1. The highest BCUT2D eigenvalue weighted by molar-refractivity contribution is 5.93. The molecule has 0 aromatic carbocycles. The highest BCUT2D eigenvalue weighted by Gasteiger charge is 2.32. The van der Waals surface area contributed by atoms with E-state index in [0.29, 0.717) is 17.6 Å². The molecule has 1 amide bonds. The Morgan fingerprint density at radius 2 is 2.17 bits per heavy atom. The van der Waals surface area contributed by atoms with E-state index in [1.54, 1.807) is 11.7 Å². The number of amides is 1. The average Bonchev–Trinajstić information content (AvgIpc) is 2.60. The number of piperidine rings is 1. The molecule has 1 aromatic heterocycles. The lowest BCUT2D eigenvalue weighted by Gasteiger charge is -2.44. The molecule has 1 aromatic rings. The van der Waals surface area contributed by atoms with Crippen LogP contribution in [0.3, 0.4) is 0 Å². The third-order valence-electron chi connectivity index (χ3n) is 5.30. The van der Waals surface area contributed by atoms with Crippen LogP contribution >= 0.6 is 0 Å². The number of pyridine rings is 1. The molecule has 0 radical (unpaired) electrons. The summed E-state index contributed by atoms with van der Waals surface area (Å²) in [7, 11) is 2.18. The molecule has 0 aliphatic carbocycles. The van der Waals surface area contributed by atoms with Gasteiger partial charge in [-0.15, -0.1) is 0 Å². The average molecular weight is 318 g/mol. The van der Waals surface area contributed by atoms with E-state index in [0.717, 1.165) is 43.7 Å². The van der Waals surface area contributed by atoms with Crippen LogP contribution in [0, 0.1) is 0 Å². The molecule has 23 heavy (non-hydrogen) atoms. The van der Waals surface area contributed by atoms with E-state index >= 15 is 0 Å². The number of hydrogen-bond acceptors (Lipinski definition) is 5. The number of carbonyl (C=O) groups is 1. The summed E-state index contributed by atoms with van der Waals surface area (Å²) in [5.74, 6) is -0.497. The zero-order valence-corrected chi connectivity index (χ0v) is 14.0. The molecule has 0 spiro atoms. The summed E-state index contributed by atoms with van der Waals surface area (Å²) >= 11 is 0. The second kappa shape index (κ2) is 6.95. The highest BCUT2D eigenvalue weighted by atomic mass is 16.5. The standard InChI is InChI=1S/C17H26N4O2/c1-3-14-9-16-13(8-12(10-18-16)17(22)19-23)11-21(14)15-4-6-20(2)7-5-15/h8,10,14-15,23H,3-7,9,11H2,1-2H3,(H,19,22)/t14-/m0/s1. The van der Waals surface area contributed by atoms with Gasteiger partial charge in [-0.2, -0.15) is 0 Å². The first-order valence-electron chi connectivity index (χ1n) is 8.49. The maximum Gasteiger partial charge on any atom is 0.276 e. The van der Waals surface area contributed by atoms with E-state index in [2.05, 4.69) is 28.8 Å². The summed E-state index contributed by atoms with van der Waals surface area (Å²) in [6.45, 7) is 5.39. The molecule has 3 heterocycles. The zero-order chi connectivity index (χ0) is 16.4. The molecule has 2 aliphatic rings. The van der Waals surface area contributed by atoms with Crippen LogP contribution in [0.25, 0.3) is 0 Å². The Hall–Kier alpha value is -1.50. The Balaban J connectivity index is 1.82. The van der Waals surface area contributed by atoms with Crippen LogP contribution in [-0.2, 0) is 13.0 Å². The van der Waals surface area contributed by atoms with Gasteiger partial charge in [0.25, 0.3) is 5.91 Å². The highest BCUT2D eigenvalue weighted by Crippen LogP contribution is 2.29. The molecule has 1 atom stereocenters. The molecule has 3 rings (SSSR count).